The Bertz CT molecular complexity index is 395. The third kappa shape index (κ3) is 3.18. The number of fused-ring (bicyclic) bond motifs is 2. The van der Waals surface area contributed by atoms with E-state index in [9.17, 15) is 4.79 Å². The number of rotatable bonds is 4. The van der Waals surface area contributed by atoms with Gasteiger partial charge in [0, 0.05) is 44.3 Å². The van der Waals surface area contributed by atoms with Crippen molar-refractivity contribution < 1.29 is 4.79 Å². The average Bonchev–Trinajstić information content (AvgIpc) is 3.01. The first kappa shape index (κ1) is 16.3. The van der Waals surface area contributed by atoms with E-state index in [0.717, 1.165) is 38.5 Å². The van der Waals surface area contributed by atoms with Crippen molar-refractivity contribution in [1.82, 2.24) is 14.7 Å². The molecular weight excluding hydrogens is 274 g/mol. The molecule has 3 heterocycles. The Hall–Kier alpha value is -0.610. The van der Waals surface area contributed by atoms with Crippen LogP contribution in [0.2, 0.25) is 0 Å². The lowest BCUT2D eigenvalue weighted by Crippen LogP contribution is -2.57. The van der Waals surface area contributed by atoms with Gasteiger partial charge in [0.05, 0.1) is 5.92 Å². The molecule has 3 atom stereocenters. The summed E-state index contributed by atoms with van der Waals surface area (Å²) in [7, 11) is 0. The zero-order valence-corrected chi connectivity index (χ0v) is 14.8. The number of hydrogen-bond acceptors (Lipinski definition) is 3. The quantitative estimate of drug-likeness (QED) is 0.795. The third-order valence-electron chi connectivity index (χ3n) is 5.82. The van der Waals surface area contributed by atoms with Gasteiger partial charge in [-0.2, -0.15) is 0 Å². The number of carbonyl (C=O) groups excluding carboxylic acids is 1. The van der Waals surface area contributed by atoms with Crippen LogP contribution in [0.25, 0.3) is 0 Å². The fraction of sp³-hybridized carbons (Fsp3) is 0.944. The second-order valence-corrected chi connectivity index (χ2v) is 8.29. The smallest absolute Gasteiger partial charge is 0.227 e. The van der Waals surface area contributed by atoms with E-state index in [-0.39, 0.29) is 5.92 Å². The van der Waals surface area contributed by atoms with Crippen molar-refractivity contribution in [3.63, 3.8) is 0 Å². The topological polar surface area (TPSA) is 26.8 Å². The number of hydrogen-bond donors (Lipinski definition) is 0. The van der Waals surface area contributed by atoms with E-state index in [1.165, 1.54) is 19.4 Å². The average molecular weight is 307 g/mol. The highest BCUT2D eigenvalue weighted by Gasteiger charge is 2.43. The summed E-state index contributed by atoms with van der Waals surface area (Å²) >= 11 is 0. The van der Waals surface area contributed by atoms with Gasteiger partial charge in [-0.15, -0.1) is 0 Å². The Morgan fingerprint density at radius 1 is 1.00 bits per heavy atom. The molecule has 4 heteroatoms. The van der Waals surface area contributed by atoms with Gasteiger partial charge in [0.25, 0.3) is 0 Å². The second kappa shape index (κ2) is 6.48. The molecule has 0 aromatic rings. The summed E-state index contributed by atoms with van der Waals surface area (Å²) in [5, 5.41) is 0. The van der Waals surface area contributed by atoms with E-state index < -0.39 is 0 Å². The van der Waals surface area contributed by atoms with Crippen LogP contribution in [0.4, 0.5) is 0 Å². The summed E-state index contributed by atoms with van der Waals surface area (Å²) in [5.41, 5.74) is 0. The third-order valence-corrected chi connectivity index (χ3v) is 5.82. The van der Waals surface area contributed by atoms with Crippen LogP contribution in [-0.2, 0) is 4.79 Å². The molecule has 0 aromatic heterocycles. The van der Waals surface area contributed by atoms with Gasteiger partial charge >= 0.3 is 0 Å². The first-order valence-corrected chi connectivity index (χ1v) is 9.24. The summed E-state index contributed by atoms with van der Waals surface area (Å²) in [6.45, 7) is 14.3. The normalized spacial score (nSPS) is 33.4. The first-order chi connectivity index (χ1) is 10.5. The number of amides is 1. The lowest BCUT2D eigenvalue weighted by molar-refractivity contribution is -0.138. The van der Waals surface area contributed by atoms with E-state index >= 15 is 0 Å². The van der Waals surface area contributed by atoms with Crippen LogP contribution in [0.5, 0.6) is 0 Å². The zero-order chi connectivity index (χ0) is 15.9. The molecule has 22 heavy (non-hydrogen) atoms. The molecule has 0 spiro atoms. The van der Waals surface area contributed by atoms with Crippen LogP contribution in [0.3, 0.4) is 0 Å². The molecular formula is C18H33N3O. The maximum absolute atomic E-state index is 12.9. The Morgan fingerprint density at radius 2 is 1.64 bits per heavy atom. The Kier molecular flexibility index (Phi) is 4.79. The predicted octanol–water partition coefficient (Wildman–Crippen LogP) is 2.05. The van der Waals surface area contributed by atoms with Crippen LogP contribution < -0.4 is 0 Å². The fourth-order valence-electron chi connectivity index (χ4n) is 4.61. The molecule has 4 nitrogen and oxygen atoms in total. The van der Waals surface area contributed by atoms with Gasteiger partial charge in [-0.3, -0.25) is 9.69 Å². The number of carbonyl (C=O) groups is 1. The van der Waals surface area contributed by atoms with Gasteiger partial charge in [0.15, 0.2) is 0 Å². The maximum Gasteiger partial charge on any atom is 0.227 e. The first-order valence-electron chi connectivity index (χ1n) is 9.24. The highest BCUT2D eigenvalue weighted by molar-refractivity contribution is 5.79. The molecule has 0 aliphatic carbocycles. The van der Waals surface area contributed by atoms with E-state index in [0.29, 0.717) is 24.0 Å². The molecule has 0 saturated carbocycles. The van der Waals surface area contributed by atoms with Gasteiger partial charge in [-0.25, -0.2) is 0 Å². The van der Waals surface area contributed by atoms with Gasteiger partial charge < -0.3 is 9.80 Å². The Morgan fingerprint density at radius 3 is 2.14 bits per heavy atom. The lowest BCUT2D eigenvalue weighted by atomic mass is 10.0. The minimum atomic E-state index is 0.249. The van der Waals surface area contributed by atoms with Crippen LogP contribution in [0, 0.1) is 11.8 Å². The van der Waals surface area contributed by atoms with Crippen molar-refractivity contribution in [3.8, 4) is 0 Å². The molecule has 3 fully saturated rings. The van der Waals surface area contributed by atoms with Gasteiger partial charge in [-0.1, -0.05) is 13.8 Å². The Balaban J connectivity index is 1.58. The van der Waals surface area contributed by atoms with Crippen molar-refractivity contribution in [2.75, 3.05) is 32.7 Å². The highest BCUT2D eigenvalue weighted by atomic mass is 16.2. The molecule has 3 rings (SSSR count). The second-order valence-electron chi connectivity index (χ2n) is 8.29. The lowest BCUT2D eigenvalue weighted by Gasteiger charge is -2.42. The molecule has 0 aromatic carbocycles. The van der Waals surface area contributed by atoms with Crippen LogP contribution in [-0.4, -0.2) is 71.5 Å². The molecule has 0 N–H and O–H groups in total. The van der Waals surface area contributed by atoms with Crippen LogP contribution >= 0.6 is 0 Å². The number of piperazine rings is 1. The summed E-state index contributed by atoms with van der Waals surface area (Å²) < 4.78 is 0. The molecule has 3 aliphatic rings. The van der Waals surface area contributed by atoms with Gasteiger partial charge in [-0.05, 0) is 45.6 Å². The number of nitrogens with zero attached hydrogens (tertiary/aromatic N) is 3. The number of likely N-dealkylation sites (tertiary alicyclic amines) is 2. The van der Waals surface area contributed by atoms with Crippen molar-refractivity contribution in [3.05, 3.63) is 0 Å². The van der Waals surface area contributed by atoms with Crippen LogP contribution in [0.15, 0.2) is 0 Å². The molecule has 3 aliphatic heterocycles. The molecule has 2 bridgehead atoms. The summed E-state index contributed by atoms with van der Waals surface area (Å²) in [6.07, 6.45) is 3.62. The largest absolute Gasteiger partial charge is 0.339 e. The van der Waals surface area contributed by atoms with Crippen molar-refractivity contribution in [2.24, 2.45) is 11.8 Å². The zero-order valence-electron chi connectivity index (χ0n) is 14.8. The molecule has 0 radical (unpaired) electrons. The van der Waals surface area contributed by atoms with Gasteiger partial charge in [0.1, 0.15) is 0 Å². The van der Waals surface area contributed by atoms with E-state index in [1.54, 1.807) is 0 Å². The van der Waals surface area contributed by atoms with E-state index in [1.807, 2.05) is 0 Å². The highest BCUT2D eigenvalue weighted by Crippen LogP contribution is 2.32. The monoisotopic (exact) mass is 307 g/mol. The summed E-state index contributed by atoms with van der Waals surface area (Å²) in [5.74, 6) is 1.41. The van der Waals surface area contributed by atoms with Crippen molar-refractivity contribution in [1.29, 1.82) is 0 Å². The molecule has 1 amide bonds. The Labute approximate surface area is 135 Å². The summed E-state index contributed by atoms with van der Waals surface area (Å²) in [6, 6.07) is 1.80. The van der Waals surface area contributed by atoms with Crippen molar-refractivity contribution in [2.45, 2.75) is 65.1 Å². The molecule has 126 valence electrons. The van der Waals surface area contributed by atoms with Crippen LogP contribution in [0.1, 0.15) is 47.0 Å². The SMILES string of the molecule is CC(C)CN1C2CCC1CN(C(=O)[C@@H]1CCN(C(C)C)C1)C2. The van der Waals surface area contributed by atoms with Gasteiger partial charge in [0.2, 0.25) is 5.91 Å². The molecule has 3 saturated heterocycles. The van der Waals surface area contributed by atoms with E-state index in [4.69, 9.17) is 0 Å². The summed E-state index contributed by atoms with van der Waals surface area (Å²) in [4.78, 5) is 20.2. The van der Waals surface area contributed by atoms with E-state index in [2.05, 4.69) is 42.4 Å². The van der Waals surface area contributed by atoms with Crippen molar-refractivity contribution >= 4 is 5.91 Å². The minimum absolute atomic E-state index is 0.249. The maximum atomic E-state index is 12.9. The fourth-order valence-corrected chi connectivity index (χ4v) is 4.61. The standard InChI is InChI=1S/C18H33N3O/c1-13(2)9-21-16-5-6-17(21)12-20(11-16)18(22)15-7-8-19(10-15)14(3)4/h13-17H,5-12H2,1-4H3/t15-,16?,17?/m1/s1. The molecule has 2 unspecified atom stereocenters. The minimum Gasteiger partial charge on any atom is -0.339 e. The predicted molar refractivity (Wildman–Crippen MR) is 89.8 cm³/mol.